The molecule has 0 unspecified atom stereocenters. The zero-order valence-corrected chi connectivity index (χ0v) is 14.2. The Kier molecular flexibility index (Phi) is 6.54. The van der Waals surface area contributed by atoms with Crippen LogP contribution in [0.5, 0.6) is 0 Å². The zero-order chi connectivity index (χ0) is 16.1. The highest BCUT2D eigenvalue weighted by molar-refractivity contribution is 7.89. The molecule has 0 aliphatic rings. The van der Waals surface area contributed by atoms with Gasteiger partial charge in [0.15, 0.2) is 0 Å². The van der Waals surface area contributed by atoms with Gasteiger partial charge in [0, 0.05) is 25.8 Å². The lowest BCUT2D eigenvalue weighted by molar-refractivity contribution is 0.424. The molecule has 0 atom stereocenters. The molecule has 7 nitrogen and oxygen atoms in total. The van der Waals surface area contributed by atoms with E-state index in [4.69, 9.17) is 11.6 Å². The first kappa shape index (κ1) is 18.3. The summed E-state index contributed by atoms with van der Waals surface area (Å²) in [6, 6.07) is 2.74. The summed E-state index contributed by atoms with van der Waals surface area (Å²) >= 11 is 5.59. The molecule has 1 N–H and O–H groups in total. The van der Waals surface area contributed by atoms with E-state index < -0.39 is 20.0 Å². The lowest BCUT2D eigenvalue weighted by atomic mass is 10.4. The van der Waals surface area contributed by atoms with Gasteiger partial charge in [-0.15, -0.1) is 0 Å². The van der Waals surface area contributed by atoms with E-state index in [0.29, 0.717) is 13.0 Å². The highest BCUT2D eigenvalue weighted by atomic mass is 35.5. The molecule has 0 radical (unpaired) electrons. The molecule has 10 heteroatoms. The van der Waals surface area contributed by atoms with Crippen molar-refractivity contribution >= 4 is 31.6 Å². The number of sulfonamides is 2. The predicted molar refractivity (Wildman–Crippen MR) is 81.1 cm³/mol. The van der Waals surface area contributed by atoms with Crippen molar-refractivity contribution in [2.24, 2.45) is 0 Å². The number of aromatic nitrogens is 1. The van der Waals surface area contributed by atoms with Gasteiger partial charge in [-0.3, -0.25) is 0 Å². The van der Waals surface area contributed by atoms with Crippen LogP contribution in [0.25, 0.3) is 0 Å². The van der Waals surface area contributed by atoms with Crippen LogP contribution in [0.3, 0.4) is 0 Å². The molecule has 0 spiro atoms. The fourth-order valence-corrected chi connectivity index (χ4v) is 3.68. The standard InChI is InChI=1S/C11H18ClN3O4S2/c1-3-15(20(2,16)17)8-4-7-14-21(18,19)10-5-6-11(12)13-9-10/h5-6,9,14H,3-4,7-8H2,1-2H3. The molecule has 0 amide bonds. The van der Waals surface area contributed by atoms with Gasteiger partial charge < -0.3 is 0 Å². The van der Waals surface area contributed by atoms with Crippen molar-refractivity contribution in [2.45, 2.75) is 18.2 Å². The third-order valence-corrected chi connectivity index (χ3v) is 5.76. The van der Waals surface area contributed by atoms with Gasteiger partial charge in [0.1, 0.15) is 10.0 Å². The number of halogens is 1. The van der Waals surface area contributed by atoms with Gasteiger partial charge in [0.05, 0.1) is 6.26 Å². The van der Waals surface area contributed by atoms with E-state index in [0.717, 1.165) is 6.26 Å². The van der Waals surface area contributed by atoms with E-state index >= 15 is 0 Å². The number of rotatable bonds is 8. The van der Waals surface area contributed by atoms with E-state index in [1.165, 1.54) is 22.6 Å². The van der Waals surface area contributed by atoms with E-state index in [1.54, 1.807) is 6.92 Å². The molecular weight excluding hydrogens is 338 g/mol. The molecule has 0 aromatic carbocycles. The summed E-state index contributed by atoms with van der Waals surface area (Å²) in [4.78, 5) is 3.72. The van der Waals surface area contributed by atoms with Gasteiger partial charge in [-0.05, 0) is 18.6 Å². The summed E-state index contributed by atoms with van der Waals surface area (Å²) in [5, 5.41) is 0.209. The Morgan fingerprint density at radius 2 is 1.95 bits per heavy atom. The van der Waals surface area contributed by atoms with Crippen molar-refractivity contribution in [2.75, 3.05) is 25.9 Å². The molecule has 0 aliphatic carbocycles. The Labute approximate surface area is 130 Å². The first-order valence-corrected chi connectivity index (χ1v) is 9.94. The maximum Gasteiger partial charge on any atom is 0.242 e. The fourth-order valence-electron chi connectivity index (χ4n) is 1.62. The van der Waals surface area contributed by atoms with Crippen LogP contribution in [0.4, 0.5) is 0 Å². The summed E-state index contributed by atoms with van der Waals surface area (Å²) in [7, 11) is -6.91. The van der Waals surface area contributed by atoms with Crippen molar-refractivity contribution in [3.05, 3.63) is 23.5 Å². The number of nitrogens with one attached hydrogen (secondary N) is 1. The van der Waals surface area contributed by atoms with Crippen LogP contribution in [-0.4, -0.2) is 52.0 Å². The maximum atomic E-state index is 11.9. The van der Waals surface area contributed by atoms with Gasteiger partial charge in [0.2, 0.25) is 20.0 Å². The van der Waals surface area contributed by atoms with Gasteiger partial charge in [-0.25, -0.2) is 30.8 Å². The van der Waals surface area contributed by atoms with E-state index in [1.807, 2.05) is 0 Å². The number of pyridine rings is 1. The fraction of sp³-hybridized carbons (Fsp3) is 0.545. The summed E-state index contributed by atoms with van der Waals surface area (Å²) in [5.41, 5.74) is 0. The van der Waals surface area contributed by atoms with Gasteiger partial charge >= 0.3 is 0 Å². The second-order valence-electron chi connectivity index (χ2n) is 4.32. The quantitative estimate of drug-likeness (QED) is 0.546. The average Bonchev–Trinajstić information content (AvgIpc) is 2.37. The first-order chi connectivity index (χ1) is 9.66. The zero-order valence-electron chi connectivity index (χ0n) is 11.8. The lowest BCUT2D eigenvalue weighted by Crippen LogP contribution is -2.33. The normalized spacial score (nSPS) is 12.8. The predicted octanol–water partition coefficient (Wildman–Crippen LogP) is 0.685. The molecule has 120 valence electrons. The lowest BCUT2D eigenvalue weighted by Gasteiger charge is -2.17. The minimum Gasteiger partial charge on any atom is -0.243 e. The summed E-state index contributed by atoms with van der Waals surface area (Å²) < 4.78 is 50.3. The second-order valence-corrected chi connectivity index (χ2v) is 8.46. The topological polar surface area (TPSA) is 96.4 Å². The number of hydrogen-bond donors (Lipinski definition) is 1. The molecule has 21 heavy (non-hydrogen) atoms. The summed E-state index contributed by atoms with van der Waals surface area (Å²) in [6.07, 6.45) is 2.67. The molecule has 0 aliphatic heterocycles. The number of nitrogens with zero attached hydrogens (tertiary/aromatic N) is 2. The van der Waals surface area contributed by atoms with E-state index in [9.17, 15) is 16.8 Å². The van der Waals surface area contributed by atoms with Crippen LogP contribution in [0.1, 0.15) is 13.3 Å². The molecule has 1 aromatic rings. The molecule has 1 rings (SSSR count). The molecule has 0 saturated heterocycles. The third kappa shape index (κ3) is 5.87. The Morgan fingerprint density at radius 1 is 1.29 bits per heavy atom. The molecule has 0 saturated carbocycles. The smallest absolute Gasteiger partial charge is 0.242 e. The minimum absolute atomic E-state index is 0.0161. The SMILES string of the molecule is CCN(CCCNS(=O)(=O)c1ccc(Cl)nc1)S(C)(=O)=O. The van der Waals surface area contributed by atoms with Crippen molar-refractivity contribution < 1.29 is 16.8 Å². The van der Waals surface area contributed by atoms with Crippen LogP contribution < -0.4 is 4.72 Å². The van der Waals surface area contributed by atoms with Gasteiger partial charge in [-0.2, -0.15) is 0 Å². The van der Waals surface area contributed by atoms with Crippen molar-refractivity contribution in [1.82, 2.24) is 14.0 Å². The Morgan fingerprint density at radius 3 is 2.43 bits per heavy atom. The van der Waals surface area contributed by atoms with Gasteiger partial charge in [0.25, 0.3) is 0 Å². The third-order valence-electron chi connectivity index (χ3n) is 2.71. The minimum atomic E-state index is -3.66. The summed E-state index contributed by atoms with van der Waals surface area (Å²) in [5.74, 6) is 0. The average molecular weight is 356 g/mol. The molecule has 1 aromatic heterocycles. The van der Waals surface area contributed by atoms with Crippen LogP contribution in [-0.2, 0) is 20.0 Å². The first-order valence-electron chi connectivity index (χ1n) is 6.23. The van der Waals surface area contributed by atoms with Crippen LogP contribution in [0.2, 0.25) is 5.15 Å². The monoisotopic (exact) mass is 355 g/mol. The van der Waals surface area contributed by atoms with E-state index in [-0.39, 0.29) is 23.1 Å². The highest BCUT2D eigenvalue weighted by Gasteiger charge is 2.16. The summed E-state index contributed by atoms with van der Waals surface area (Å²) in [6.45, 7) is 2.48. The van der Waals surface area contributed by atoms with Crippen LogP contribution >= 0.6 is 11.6 Å². The largest absolute Gasteiger partial charge is 0.243 e. The van der Waals surface area contributed by atoms with Crippen molar-refractivity contribution in [1.29, 1.82) is 0 Å². The number of hydrogen-bond acceptors (Lipinski definition) is 5. The van der Waals surface area contributed by atoms with Crippen LogP contribution in [0.15, 0.2) is 23.2 Å². The molecule has 0 bridgehead atoms. The molecular formula is C11H18ClN3O4S2. The highest BCUT2D eigenvalue weighted by Crippen LogP contribution is 2.10. The van der Waals surface area contributed by atoms with Crippen LogP contribution in [0, 0.1) is 0 Å². The van der Waals surface area contributed by atoms with Crippen molar-refractivity contribution in [3.63, 3.8) is 0 Å². The van der Waals surface area contributed by atoms with Crippen molar-refractivity contribution in [3.8, 4) is 0 Å². The Bertz CT molecular complexity index is 659. The molecule has 0 fully saturated rings. The second kappa shape index (κ2) is 7.50. The van der Waals surface area contributed by atoms with Gasteiger partial charge in [-0.1, -0.05) is 18.5 Å². The molecule has 1 heterocycles. The van der Waals surface area contributed by atoms with E-state index in [2.05, 4.69) is 9.71 Å². The Balaban J connectivity index is 2.54. The maximum absolute atomic E-state index is 11.9. The Hall–Kier alpha value is -0.740.